The fraction of sp³-hybridized carbons (Fsp3) is 0.200. The molecular formula is C20H19NO4. The molecule has 0 bridgehead atoms. The van der Waals surface area contributed by atoms with Gasteiger partial charge in [0, 0.05) is 5.56 Å². The van der Waals surface area contributed by atoms with Crippen molar-refractivity contribution < 1.29 is 19.0 Å². The Labute approximate surface area is 146 Å². The van der Waals surface area contributed by atoms with E-state index in [1.165, 1.54) is 0 Å². The zero-order valence-electron chi connectivity index (χ0n) is 14.2. The van der Waals surface area contributed by atoms with Gasteiger partial charge in [-0.2, -0.15) is 0 Å². The van der Waals surface area contributed by atoms with Gasteiger partial charge in [0.2, 0.25) is 5.90 Å². The summed E-state index contributed by atoms with van der Waals surface area (Å²) in [6.07, 6.45) is 2.57. The number of methoxy groups -OCH3 is 1. The highest BCUT2D eigenvalue weighted by Crippen LogP contribution is 2.30. The maximum atomic E-state index is 12.1. The number of hydrogen-bond donors (Lipinski definition) is 0. The minimum atomic E-state index is -0.467. The van der Waals surface area contributed by atoms with Crippen LogP contribution in [0.5, 0.6) is 11.5 Å². The number of ether oxygens (including phenoxy) is 3. The van der Waals surface area contributed by atoms with Crippen molar-refractivity contribution in [2.45, 2.75) is 13.3 Å². The molecule has 25 heavy (non-hydrogen) atoms. The third-order valence-electron chi connectivity index (χ3n) is 3.59. The second kappa shape index (κ2) is 7.66. The van der Waals surface area contributed by atoms with Crippen LogP contribution in [0.2, 0.25) is 0 Å². The standard InChI is InChI=1S/C20H19NO4/c1-3-11-24-18-13-14(9-10-17(18)23-2)12-16-20(22)25-19(21-16)15-7-5-4-6-8-15/h4-10,12-13H,3,11H2,1-2H3/b16-12-. The highest BCUT2D eigenvalue weighted by atomic mass is 16.6. The van der Waals surface area contributed by atoms with Crippen LogP contribution in [0, 0.1) is 0 Å². The molecule has 0 N–H and O–H groups in total. The molecule has 0 aromatic heterocycles. The number of carbonyl (C=O) groups excluding carboxylic acids is 1. The van der Waals surface area contributed by atoms with Gasteiger partial charge in [0.05, 0.1) is 13.7 Å². The topological polar surface area (TPSA) is 57.1 Å². The average molecular weight is 337 g/mol. The molecule has 5 heteroatoms. The van der Waals surface area contributed by atoms with Gasteiger partial charge in [-0.1, -0.05) is 31.2 Å². The van der Waals surface area contributed by atoms with Crippen molar-refractivity contribution in [2.75, 3.05) is 13.7 Å². The van der Waals surface area contributed by atoms with Crippen LogP contribution < -0.4 is 9.47 Å². The molecule has 3 rings (SSSR count). The van der Waals surface area contributed by atoms with E-state index in [1.807, 2.05) is 49.4 Å². The Kier molecular flexibility index (Phi) is 5.14. The van der Waals surface area contributed by atoms with E-state index in [4.69, 9.17) is 14.2 Å². The fourth-order valence-corrected chi connectivity index (χ4v) is 2.38. The zero-order valence-corrected chi connectivity index (χ0v) is 14.2. The molecule has 0 atom stereocenters. The third-order valence-corrected chi connectivity index (χ3v) is 3.59. The lowest BCUT2D eigenvalue weighted by Gasteiger charge is -2.10. The summed E-state index contributed by atoms with van der Waals surface area (Å²) in [6, 6.07) is 14.8. The SMILES string of the molecule is CCCOc1cc(/C=C2\N=C(c3ccccc3)OC2=O)ccc1OC. The summed E-state index contributed by atoms with van der Waals surface area (Å²) in [6.45, 7) is 2.63. The van der Waals surface area contributed by atoms with Crippen molar-refractivity contribution in [3.63, 3.8) is 0 Å². The van der Waals surface area contributed by atoms with Gasteiger partial charge in [-0.3, -0.25) is 0 Å². The molecule has 5 nitrogen and oxygen atoms in total. The number of aliphatic imine (C=N–C) groups is 1. The van der Waals surface area contributed by atoms with Crippen LogP contribution in [0.3, 0.4) is 0 Å². The molecule has 2 aromatic rings. The van der Waals surface area contributed by atoms with Gasteiger partial charge in [-0.25, -0.2) is 9.79 Å². The fourth-order valence-electron chi connectivity index (χ4n) is 2.38. The van der Waals surface area contributed by atoms with E-state index < -0.39 is 5.97 Å². The van der Waals surface area contributed by atoms with Crippen molar-refractivity contribution in [3.8, 4) is 11.5 Å². The summed E-state index contributed by atoms with van der Waals surface area (Å²) in [5.41, 5.74) is 1.81. The molecular weight excluding hydrogens is 318 g/mol. The first-order valence-electron chi connectivity index (χ1n) is 8.10. The summed E-state index contributed by atoms with van der Waals surface area (Å²) >= 11 is 0. The molecule has 0 saturated carbocycles. The van der Waals surface area contributed by atoms with E-state index in [9.17, 15) is 4.79 Å². The van der Waals surface area contributed by atoms with Crippen molar-refractivity contribution in [2.24, 2.45) is 4.99 Å². The van der Waals surface area contributed by atoms with Gasteiger partial charge in [-0.05, 0) is 42.3 Å². The van der Waals surface area contributed by atoms with Crippen LogP contribution in [0.15, 0.2) is 59.2 Å². The van der Waals surface area contributed by atoms with Crippen molar-refractivity contribution in [1.29, 1.82) is 0 Å². The smallest absolute Gasteiger partial charge is 0.363 e. The highest BCUT2D eigenvalue weighted by Gasteiger charge is 2.24. The molecule has 0 saturated heterocycles. The minimum Gasteiger partial charge on any atom is -0.493 e. The van der Waals surface area contributed by atoms with Crippen molar-refractivity contribution in [3.05, 3.63) is 65.4 Å². The van der Waals surface area contributed by atoms with Crippen LogP contribution in [-0.4, -0.2) is 25.6 Å². The largest absolute Gasteiger partial charge is 0.493 e. The first-order valence-corrected chi connectivity index (χ1v) is 8.10. The molecule has 1 aliphatic heterocycles. The number of hydrogen-bond acceptors (Lipinski definition) is 5. The average Bonchev–Trinajstić information content (AvgIpc) is 3.01. The summed E-state index contributed by atoms with van der Waals surface area (Å²) in [5.74, 6) is 1.13. The van der Waals surface area contributed by atoms with Crippen molar-refractivity contribution >= 4 is 17.9 Å². The van der Waals surface area contributed by atoms with Crippen LogP contribution >= 0.6 is 0 Å². The summed E-state index contributed by atoms with van der Waals surface area (Å²) in [5, 5.41) is 0. The molecule has 0 aliphatic carbocycles. The summed E-state index contributed by atoms with van der Waals surface area (Å²) in [7, 11) is 1.59. The number of esters is 1. The molecule has 0 amide bonds. The molecule has 128 valence electrons. The Bertz CT molecular complexity index is 825. The van der Waals surface area contributed by atoms with Gasteiger partial charge in [0.15, 0.2) is 17.2 Å². The van der Waals surface area contributed by atoms with Gasteiger partial charge in [0.25, 0.3) is 0 Å². The highest BCUT2D eigenvalue weighted by molar-refractivity contribution is 6.12. The molecule has 0 unspecified atom stereocenters. The van der Waals surface area contributed by atoms with E-state index >= 15 is 0 Å². The normalized spacial score (nSPS) is 15.0. The van der Waals surface area contributed by atoms with E-state index in [0.29, 0.717) is 24.0 Å². The predicted molar refractivity (Wildman–Crippen MR) is 95.8 cm³/mol. The van der Waals surface area contributed by atoms with Gasteiger partial charge < -0.3 is 14.2 Å². The number of cyclic esters (lactones) is 1. The molecule has 1 heterocycles. The third kappa shape index (κ3) is 3.88. The number of nitrogens with zero attached hydrogens (tertiary/aromatic N) is 1. The summed E-state index contributed by atoms with van der Waals surface area (Å²) in [4.78, 5) is 16.4. The Morgan fingerprint density at radius 1 is 1.12 bits per heavy atom. The molecule has 0 radical (unpaired) electrons. The van der Waals surface area contributed by atoms with E-state index in [0.717, 1.165) is 17.5 Å². The lowest BCUT2D eigenvalue weighted by Crippen LogP contribution is -2.04. The quantitative estimate of drug-likeness (QED) is 0.594. The lowest BCUT2D eigenvalue weighted by atomic mass is 10.1. The Balaban J connectivity index is 1.89. The maximum absolute atomic E-state index is 12.1. The molecule has 0 spiro atoms. The van der Waals surface area contributed by atoms with Crippen LogP contribution in [0.4, 0.5) is 0 Å². The Hall–Kier alpha value is -3.08. The first-order chi connectivity index (χ1) is 12.2. The van der Waals surface area contributed by atoms with Gasteiger partial charge in [0.1, 0.15) is 0 Å². The Morgan fingerprint density at radius 3 is 2.64 bits per heavy atom. The molecule has 1 aliphatic rings. The van der Waals surface area contributed by atoms with Crippen LogP contribution in [0.25, 0.3) is 6.08 Å². The van der Waals surface area contributed by atoms with Gasteiger partial charge >= 0.3 is 5.97 Å². The van der Waals surface area contributed by atoms with E-state index in [1.54, 1.807) is 19.3 Å². The van der Waals surface area contributed by atoms with Gasteiger partial charge in [-0.15, -0.1) is 0 Å². The Morgan fingerprint density at radius 2 is 1.92 bits per heavy atom. The monoisotopic (exact) mass is 337 g/mol. The lowest BCUT2D eigenvalue weighted by molar-refractivity contribution is -0.129. The number of carbonyl (C=O) groups is 1. The second-order valence-corrected chi connectivity index (χ2v) is 5.46. The number of benzene rings is 2. The number of rotatable bonds is 6. The van der Waals surface area contributed by atoms with Crippen LogP contribution in [-0.2, 0) is 9.53 Å². The predicted octanol–water partition coefficient (Wildman–Crippen LogP) is 3.83. The maximum Gasteiger partial charge on any atom is 0.363 e. The molecule has 0 fully saturated rings. The second-order valence-electron chi connectivity index (χ2n) is 5.46. The molecule has 2 aromatic carbocycles. The minimum absolute atomic E-state index is 0.255. The van der Waals surface area contributed by atoms with Crippen LogP contribution in [0.1, 0.15) is 24.5 Å². The zero-order chi connectivity index (χ0) is 17.6. The first kappa shape index (κ1) is 16.8. The van der Waals surface area contributed by atoms with E-state index in [-0.39, 0.29) is 5.70 Å². The van der Waals surface area contributed by atoms with E-state index in [2.05, 4.69) is 4.99 Å². The van der Waals surface area contributed by atoms with Crippen molar-refractivity contribution in [1.82, 2.24) is 0 Å². The summed E-state index contributed by atoms with van der Waals surface area (Å²) < 4.78 is 16.3.